The molecular weight excluding hydrogens is 312 g/mol. The van der Waals surface area contributed by atoms with Crippen molar-refractivity contribution in [3.63, 3.8) is 0 Å². The van der Waals surface area contributed by atoms with Crippen molar-refractivity contribution in [1.29, 1.82) is 0 Å². The highest BCUT2D eigenvalue weighted by Gasteiger charge is 2.17. The lowest BCUT2D eigenvalue weighted by atomic mass is 9.87. The monoisotopic (exact) mass is 332 g/mol. The van der Waals surface area contributed by atoms with Crippen LogP contribution in [0.5, 0.6) is 5.75 Å². The number of hydrogen-bond donors (Lipinski definition) is 2. The van der Waals surface area contributed by atoms with Gasteiger partial charge in [0.2, 0.25) is 0 Å². The van der Waals surface area contributed by atoms with E-state index in [4.69, 9.17) is 16.3 Å². The molecule has 4 nitrogen and oxygen atoms in total. The summed E-state index contributed by atoms with van der Waals surface area (Å²) >= 11 is 5.83. The average molecular weight is 333 g/mol. The standard InChI is InChI=1S/C18H21ClN2O2/c1-18(2,3)12-5-10-16(23-4)15(11-12)21-17(22)20-14-8-6-13(19)7-9-14/h5-11H,1-4H3,(H2,20,21,22). The van der Waals surface area contributed by atoms with Crippen molar-refractivity contribution in [2.75, 3.05) is 17.7 Å². The summed E-state index contributed by atoms with van der Waals surface area (Å²) in [7, 11) is 1.58. The van der Waals surface area contributed by atoms with E-state index in [0.717, 1.165) is 5.56 Å². The number of halogens is 1. The van der Waals surface area contributed by atoms with Crippen molar-refractivity contribution in [1.82, 2.24) is 0 Å². The van der Waals surface area contributed by atoms with Crippen molar-refractivity contribution < 1.29 is 9.53 Å². The number of rotatable bonds is 3. The number of anilines is 2. The van der Waals surface area contributed by atoms with E-state index in [1.54, 1.807) is 31.4 Å². The number of amides is 2. The fourth-order valence-electron chi connectivity index (χ4n) is 2.09. The summed E-state index contributed by atoms with van der Waals surface area (Å²) in [5.41, 5.74) is 2.39. The number of nitrogens with one attached hydrogen (secondary N) is 2. The van der Waals surface area contributed by atoms with Gasteiger partial charge in [-0.3, -0.25) is 0 Å². The Morgan fingerprint density at radius 3 is 2.26 bits per heavy atom. The van der Waals surface area contributed by atoms with Crippen LogP contribution in [0, 0.1) is 0 Å². The zero-order chi connectivity index (χ0) is 17.0. The Labute approximate surface area is 141 Å². The minimum atomic E-state index is -0.336. The molecule has 0 aliphatic rings. The number of methoxy groups -OCH3 is 1. The molecule has 5 heteroatoms. The number of carbonyl (C=O) groups excluding carboxylic acids is 1. The lowest BCUT2D eigenvalue weighted by Crippen LogP contribution is -2.20. The molecule has 23 heavy (non-hydrogen) atoms. The third-order valence-corrected chi connectivity index (χ3v) is 3.67. The van der Waals surface area contributed by atoms with Crippen molar-refractivity contribution >= 4 is 29.0 Å². The number of carbonyl (C=O) groups is 1. The molecule has 0 unspecified atom stereocenters. The van der Waals surface area contributed by atoms with E-state index in [2.05, 4.69) is 31.4 Å². The third-order valence-electron chi connectivity index (χ3n) is 3.42. The molecule has 0 aliphatic heterocycles. The van der Waals surface area contributed by atoms with E-state index >= 15 is 0 Å². The fourth-order valence-corrected chi connectivity index (χ4v) is 2.22. The second-order valence-corrected chi connectivity index (χ2v) is 6.69. The van der Waals surface area contributed by atoms with E-state index in [0.29, 0.717) is 22.1 Å². The van der Waals surface area contributed by atoms with Crippen LogP contribution in [0.4, 0.5) is 16.2 Å². The van der Waals surface area contributed by atoms with Gasteiger partial charge in [0.1, 0.15) is 5.75 Å². The zero-order valence-electron chi connectivity index (χ0n) is 13.7. The number of ether oxygens (including phenoxy) is 1. The first-order valence-corrected chi connectivity index (χ1v) is 7.69. The van der Waals surface area contributed by atoms with Crippen LogP contribution in [0.15, 0.2) is 42.5 Å². The lowest BCUT2D eigenvalue weighted by Gasteiger charge is -2.21. The molecule has 0 fully saturated rings. The van der Waals surface area contributed by atoms with Gasteiger partial charge in [-0.05, 0) is 47.4 Å². The maximum Gasteiger partial charge on any atom is 0.323 e. The predicted octanol–water partition coefficient (Wildman–Crippen LogP) is 5.29. The van der Waals surface area contributed by atoms with E-state index < -0.39 is 0 Å². The first kappa shape index (κ1) is 17.2. The van der Waals surface area contributed by atoms with Crippen LogP contribution >= 0.6 is 11.6 Å². The van der Waals surface area contributed by atoms with Crippen LogP contribution in [-0.2, 0) is 5.41 Å². The van der Waals surface area contributed by atoms with Crippen molar-refractivity contribution in [2.24, 2.45) is 0 Å². The number of urea groups is 1. The van der Waals surface area contributed by atoms with Gasteiger partial charge in [-0.2, -0.15) is 0 Å². The summed E-state index contributed by atoms with van der Waals surface area (Å²) in [6.45, 7) is 6.35. The molecule has 0 spiro atoms. The molecule has 122 valence electrons. The van der Waals surface area contributed by atoms with Gasteiger partial charge < -0.3 is 15.4 Å². The highest BCUT2D eigenvalue weighted by Crippen LogP contribution is 2.31. The molecule has 0 heterocycles. The van der Waals surface area contributed by atoms with Crippen LogP contribution in [-0.4, -0.2) is 13.1 Å². The summed E-state index contributed by atoms with van der Waals surface area (Å²) < 4.78 is 5.32. The fraction of sp³-hybridized carbons (Fsp3) is 0.278. The Bertz CT molecular complexity index is 691. The molecular formula is C18H21ClN2O2. The van der Waals surface area contributed by atoms with Gasteiger partial charge in [0.05, 0.1) is 12.8 Å². The molecule has 0 bridgehead atoms. The maximum atomic E-state index is 12.2. The molecule has 2 aromatic rings. The Morgan fingerprint density at radius 2 is 1.70 bits per heavy atom. The summed E-state index contributed by atoms with van der Waals surface area (Å²) in [5.74, 6) is 0.615. The van der Waals surface area contributed by atoms with Crippen LogP contribution in [0.25, 0.3) is 0 Å². The Hall–Kier alpha value is -2.20. The molecule has 0 atom stereocenters. The molecule has 2 amide bonds. The highest BCUT2D eigenvalue weighted by atomic mass is 35.5. The van der Waals surface area contributed by atoms with Gasteiger partial charge in [0, 0.05) is 10.7 Å². The lowest BCUT2D eigenvalue weighted by molar-refractivity contribution is 0.262. The number of benzene rings is 2. The largest absolute Gasteiger partial charge is 0.495 e. The zero-order valence-corrected chi connectivity index (χ0v) is 14.5. The number of hydrogen-bond acceptors (Lipinski definition) is 2. The molecule has 2 rings (SSSR count). The van der Waals surface area contributed by atoms with Crippen LogP contribution in [0.3, 0.4) is 0 Å². The topological polar surface area (TPSA) is 50.4 Å². The minimum absolute atomic E-state index is 0.0185. The van der Waals surface area contributed by atoms with E-state index in [-0.39, 0.29) is 11.4 Å². The Kier molecular flexibility index (Phi) is 5.16. The van der Waals surface area contributed by atoms with Crippen molar-refractivity contribution in [3.8, 4) is 5.75 Å². The first-order chi connectivity index (χ1) is 10.8. The quantitative estimate of drug-likeness (QED) is 0.802. The van der Waals surface area contributed by atoms with Gasteiger partial charge in [0.15, 0.2) is 0 Å². The second kappa shape index (κ2) is 6.92. The average Bonchev–Trinajstić information content (AvgIpc) is 2.48. The maximum absolute atomic E-state index is 12.2. The predicted molar refractivity (Wildman–Crippen MR) is 95.8 cm³/mol. The highest BCUT2D eigenvalue weighted by molar-refractivity contribution is 6.30. The minimum Gasteiger partial charge on any atom is -0.495 e. The van der Waals surface area contributed by atoms with Gasteiger partial charge in [0.25, 0.3) is 0 Å². The molecule has 0 radical (unpaired) electrons. The van der Waals surface area contributed by atoms with Crippen molar-refractivity contribution in [2.45, 2.75) is 26.2 Å². The summed E-state index contributed by atoms with van der Waals surface area (Å²) in [5, 5.41) is 6.21. The third kappa shape index (κ3) is 4.63. The normalized spacial score (nSPS) is 11.0. The van der Waals surface area contributed by atoms with Gasteiger partial charge in [-0.25, -0.2) is 4.79 Å². The van der Waals surface area contributed by atoms with Crippen LogP contribution in [0.2, 0.25) is 5.02 Å². The molecule has 2 N–H and O–H groups in total. The van der Waals surface area contributed by atoms with Crippen molar-refractivity contribution in [3.05, 3.63) is 53.1 Å². The second-order valence-electron chi connectivity index (χ2n) is 6.25. The smallest absolute Gasteiger partial charge is 0.323 e. The molecule has 0 saturated heterocycles. The van der Waals surface area contributed by atoms with Crippen LogP contribution < -0.4 is 15.4 Å². The van der Waals surface area contributed by atoms with Gasteiger partial charge in [-0.15, -0.1) is 0 Å². The Balaban J connectivity index is 2.17. The SMILES string of the molecule is COc1ccc(C(C)(C)C)cc1NC(=O)Nc1ccc(Cl)cc1. The molecule has 0 aliphatic carbocycles. The molecule has 2 aromatic carbocycles. The molecule has 0 saturated carbocycles. The summed E-state index contributed by atoms with van der Waals surface area (Å²) in [6.07, 6.45) is 0. The van der Waals surface area contributed by atoms with E-state index in [9.17, 15) is 4.79 Å². The summed E-state index contributed by atoms with van der Waals surface area (Å²) in [4.78, 5) is 12.2. The summed E-state index contributed by atoms with van der Waals surface area (Å²) in [6, 6.07) is 12.4. The molecule has 0 aromatic heterocycles. The van der Waals surface area contributed by atoms with Crippen LogP contribution in [0.1, 0.15) is 26.3 Å². The Morgan fingerprint density at radius 1 is 1.04 bits per heavy atom. The van der Waals surface area contributed by atoms with E-state index in [1.165, 1.54) is 0 Å². The van der Waals surface area contributed by atoms with E-state index in [1.807, 2.05) is 18.2 Å². The van der Waals surface area contributed by atoms with Gasteiger partial charge in [-0.1, -0.05) is 38.4 Å². The van der Waals surface area contributed by atoms with Gasteiger partial charge >= 0.3 is 6.03 Å². The first-order valence-electron chi connectivity index (χ1n) is 7.31.